The average Bonchev–Trinajstić information content (AvgIpc) is 2.29. The van der Waals surface area contributed by atoms with Crippen molar-refractivity contribution in [1.82, 2.24) is 10.6 Å². The first-order valence-electron chi connectivity index (χ1n) is 4.95. The Kier molecular flexibility index (Phi) is 5.14. The van der Waals surface area contributed by atoms with Gasteiger partial charge in [-0.2, -0.15) is 0 Å². The van der Waals surface area contributed by atoms with Gasteiger partial charge >= 0.3 is 0 Å². The minimum atomic E-state index is -0.366. The predicted octanol–water partition coefficient (Wildman–Crippen LogP) is 1.77. The lowest BCUT2D eigenvalue weighted by Crippen LogP contribution is -2.37. The third-order valence-corrected chi connectivity index (χ3v) is 3.12. The van der Waals surface area contributed by atoms with Crippen molar-refractivity contribution in [3.8, 4) is 0 Å². The van der Waals surface area contributed by atoms with Crippen molar-refractivity contribution in [2.75, 3.05) is 13.6 Å². The lowest BCUT2D eigenvalue weighted by atomic mass is 10.2. The Bertz CT molecular complexity index is 384. The van der Waals surface area contributed by atoms with Gasteiger partial charge in [-0.1, -0.05) is 0 Å². The molecule has 0 spiro atoms. The standard InChI is InChI=1S/C11H14FIN2O/c1-7(14-2)6-15-11(16)8-3-4-10(13)9(12)5-8/h3-5,7,14H,6H2,1-2H3,(H,15,16). The molecule has 0 bridgehead atoms. The number of amides is 1. The monoisotopic (exact) mass is 336 g/mol. The molecule has 0 fully saturated rings. The van der Waals surface area contributed by atoms with Crippen molar-refractivity contribution in [2.45, 2.75) is 13.0 Å². The molecule has 0 aromatic heterocycles. The van der Waals surface area contributed by atoms with Crippen LogP contribution in [0.5, 0.6) is 0 Å². The fraction of sp³-hybridized carbons (Fsp3) is 0.364. The average molecular weight is 336 g/mol. The molecule has 0 aliphatic heterocycles. The first kappa shape index (κ1) is 13.4. The smallest absolute Gasteiger partial charge is 0.251 e. The van der Waals surface area contributed by atoms with E-state index in [-0.39, 0.29) is 17.8 Å². The second kappa shape index (κ2) is 6.15. The molecular weight excluding hydrogens is 322 g/mol. The summed E-state index contributed by atoms with van der Waals surface area (Å²) in [6.45, 7) is 2.47. The van der Waals surface area contributed by atoms with E-state index in [1.54, 1.807) is 12.1 Å². The van der Waals surface area contributed by atoms with Crippen LogP contribution in [0, 0.1) is 9.39 Å². The largest absolute Gasteiger partial charge is 0.350 e. The minimum absolute atomic E-state index is 0.192. The summed E-state index contributed by atoms with van der Waals surface area (Å²) in [7, 11) is 1.82. The molecule has 1 unspecified atom stereocenters. The van der Waals surface area contributed by atoms with E-state index in [4.69, 9.17) is 0 Å². The highest BCUT2D eigenvalue weighted by molar-refractivity contribution is 14.1. The Morgan fingerprint density at radius 3 is 2.81 bits per heavy atom. The van der Waals surface area contributed by atoms with Crippen molar-refractivity contribution in [3.63, 3.8) is 0 Å². The molecule has 1 amide bonds. The summed E-state index contributed by atoms with van der Waals surface area (Å²) in [5, 5.41) is 5.73. The number of benzene rings is 1. The van der Waals surface area contributed by atoms with Gasteiger partial charge in [-0.15, -0.1) is 0 Å². The number of carbonyl (C=O) groups excluding carboxylic acids is 1. The van der Waals surface area contributed by atoms with E-state index in [9.17, 15) is 9.18 Å². The Morgan fingerprint density at radius 1 is 1.56 bits per heavy atom. The molecule has 0 radical (unpaired) electrons. The van der Waals surface area contributed by atoms with Crippen molar-refractivity contribution in [3.05, 3.63) is 33.1 Å². The van der Waals surface area contributed by atoms with Crippen LogP contribution in [-0.2, 0) is 0 Å². The zero-order chi connectivity index (χ0) is 12.1. The number of rotatable bonds is 4. The van der Waals surface area contributed by atoms with Gasteiger partial charge in [0.2, 0.25) is 0 Å². The molecule has 0 heterocycles. The third-order valence-electron chi connectivity index (χ3n) is 2.24. The summed E-state index contributed by atoms with van der Waals surface area (Å²) in [4.78, 5) is 11.6. The number of likely N-dealkylation sites (N-methyl/N-ethyl adjacent to an activating group) is 1. The zero-order valence-corrected chi connectivity index (χ0v) is 11.3. The van der Waals surface area contributed by atoms with Gasteiger partial charge in [0.1, 0.15) is 5.82 Å². The summed E-state index contributed by atoms with van der Waals surface area (Å²) in [6, 6.07) is 4.65. The maximum Gasteiger partial charge on any atom is 0.251 e. The van der Waals surface area contributed by atoms with Gasteiger partial charge in [0.15, 0.2) is 0 Å². The molecule has 2 N–H and O–H groups in total. The van der Waals surface area contributed by atoms with Crippen LogP contribution in [0.25, 0.3) is 0 Å². The zero-order valence-electron chi connectivity index (χ0n) is 9.18. The highest BCUT2D eigenvalue weighted by Gasteiger charge is 2.09. The Balaban J connectivity index is 2.63. The summed E-state index contributed by atoms with van der Waals surface area (Å²) >= 11 is 1.89. The van der Waals surface area contributed by atoms with E-state index in [2.05, 4.69) is 10.6 Å². The fourth-order valence-electron chi connectivity index (χ4n) is 1.09. The van der Waals surface area contributed by atoms with E-state index < -0.39 is 0 Å². The molecule has 0 saturated heterocycles. The first-order chi connectivity index (χ1) is 7.54. The highest BCUT2D eigenvalue weighted by Crippen LogP contribution is 2.12. The van der Waals surface area contributed by atoms with Crippen molar-refractivity contribution < 1.29 is 9.18 Å². The van der Waals surface area contributed by atoms with E-state index in [0.717, 1.165) is 0 Å². The van der Waals surface area contributed by atoms with E-state index in [1.165, 1.54) is 6.07 Å². The number of carbonyl (C=O) groups is 1. The number of nitrogens with one attached hydrogen (secondary N) is 2. The van der Waals surface area contributed by atoms with Crippen LogP contribution in [0.15, 0.2) is 18.2 Å². The normalized spacial score (nSPS) is 12.2. The SMILES string of the molecule is CNC(C)CNC(=O)c1ccc(I)c(F)c1. The molecule has 1 atom stereocenters. The van der Waals surface area contributed by atoms with E-state index in [0.29, 0.717) is 15.7 Å². The van der Waals surface area contributed by atoms with Crippen LogP contribution in [0.3, 0.4) is 0 Å². The van der Waals surface area contributed by atoms with Crippen molar-refractivity contribution in [1.29, 1.82) is 0 Å². The van der Waals surface area contributed by atoms with Gasteiger partial charge in [0, 0.05) is 21.7 Å². The van der Waals surface area contributed by atoms with Crippen LogP contribution in [0.2, 0.25) is 0 Å². The fourth-order valence-corrected chi connectivity index (χ4v) is 1.42. The second-order valence-corrected chi connectivity index (χ2v) is 4.69. The molecule has 1 aromatic rings. The Labute approximate surface area is 108 Å². The number of hydrogen-bond acceptors (Lipinski definition) is 2. The maximum absolute atomic E-state index is 13.2. The molecular formula is C11H14FIN2O. The van der Waals surface area contributed by atoms with Gasteiger partial charge in [0.05, 0.1) is 0 Å². The predicted molar refractivity (Wildman–Crippen MR) is 70.0 cm³/mol. The van der Waals surface area contributed by atoms with Gasteiger partial charge in [-0.05, 0) is 54.8 Å². The quantitative estimate of drug-likeness (QED) is 0.823. The van der Waals surface area contributed by atoms with Crippen LogP contribution < -0.4 is 10.6 Å². The van der Waals surface area contributed by atoms with E-state index >= 15 is 0 Å². The number of halogens is 2. The summed E-state index contributed by atoms with van der Waals surface area (Å²) < 4.78 is 13.7. The Hall–Kier alpha value is -0.690. The molecule has 1 rings (SSSR count). The maximum atomic E-state index is 13.2. The second-order valence-electron chi connectivity index (χ2n) is 3.53. The van der Waals surface area contributed by atoms with Crippen LogP contribution in [0.1, 0.15) is 17.3 Å². The minimum Gasteiger partial charge on any atom is -0.350 e. The van der Waals surface area contributed by atoms with Crippen LogP contribution >= 0.6 is 22.6 Å². The summed E-state index contributed by atoms with van der Waals surface area (Å²) in [6.07, 6.45) is 0. The molecule has 0 aliphatic rings. The third kappa shape index (κ3) is 3.71. The topological polar surface area (TPSA) is 41.1 Å². The Morgan fingerprint density at radius 2 is 2.25 bits per heavy atom. The van der Waals surface area contributed by atoms with Gasteiger partial charge in [-0.3, -0.25) is 4.79 Å². The van der Waals surface area contributed by atoms with Crippen molar-refractivity contribution >= 4 is 28.5 Å². The van der Waals surface area contributed by atoms with Gasteiger partial charge in [-0.25, -0.2) is 4.39 Å². The molecule has 16 heavy (non-hydrogen) atoms. The van der Waals surface area contributed by atoms with Crippen LogP contribution in [0.4, 0.5) is 4.39 Å². The molecule has 3 nitrogen and oxygen atoms in total. The van der Waals surface area contributed by atoms with Gasteiger partial charge in [0.25, 0.3) is 5.91 Å². The van der Waals surface area contributed by atoms with Crippen molar-refractivity contribution in [2.24, 2.45) is 0 Å². The molecule has 0 saturated carbocycles. The molecule has 1 aromatic carbocycles. The lowest BCUT2D eigenvalue weighted by Gasteiger charge is -2.11. The first-order valence-corrected chi connectivity index (χ1v) is 6.03. The summed E-state index contributed by atoms with van der Waals surface area (Å²) in [5.74, 6) is -0.618. The molecule has 0 aliphatic carbocycles. The number of hydrogen-bond donors (Lipinski definition) is 2. The van der Waals surface area contributed by atoms with E-state index in [1.807, 2.05) is 36.6 Å². The molecule has 88 valence electrons. The van der Waals surface area contributed by atoms with Gasteiger partial charge < -0.3 is 10.6 Å². The van der Waals surface area contributed by atoms with Crippen LogP contribution in [-0.4, -0.2) is 25.5 Å². The highest BCUT2D eigenvalue weighted by atomic mass is 127. The molecule has 5 heteroatoms. The lowest BCUT2D eigenvalue weighted by molar-refractivity contribution is 0.0950. The summed E-state index contributed by atoms with van der Waals surface area (Å²) in [5.41, 5.74) is 0.348.